The molecule has 0 aliphatic carbocycles. The maximum atomic E-state index is 10.8. The van der Waals surface area contributed by atoms with Gasteiger partial charge in [-0.2, -0.15) is 0 Å². The fraction of sp³-hybridized carbons (Fsp3) is 0.500. The molecule has 0 spiro atoms. The summed E-state index contributed by atoms with van der Waals surface area (Å²) < 4.78 is 10.7. The number of thiophene rings is 1. The SMILES string of the molecule is CCNC(=NCC(O)c1cc(OC)ccc1OC)N1CCN(Cc2cccs2)CC1.I. The van der Waals surface area contributed by atoms with Crippen molar-refractivity contribution in [1.29, 1.82) is 0 Å². The highest BCUT2D eigenvalue weighted by molar-refractivity contribution is 14.0. The van der Waals surface area contributed by atoms with Gasteiger partial charge < -0.3 is 24.8 Å². The lowest BCUT2D eigenvalue weighted by molar-refractivity contribution is 0.169. The molecule has 1 aromatic heterocycles. The van der Waals surface area contributed by atoms with Crippen molar-refractivity contribution >= 4 is 41.3 Å². The molecule has 1 atom stereocenters. The number of aliphatic hydroxyl groups is 1. The van der Waals surface area contributed by atoms with E-state index in [1.165, 1.54) is 4.88 Å². The zero-order valence-electron chi connectivity index (χ0n) is 18.4. The molecule has 1 unspecified atom stereocenters. The molecule has 1 aromatic carbocycles. The summed E-state index contributed by atoms with van der Waals surface area (Å²) in [7, 11) is 3.21. The molecule has 0 saturated carbocycles. The van der Waals surface area contributed by atoms with E-state index in [4.69, 9.17) is 14.5 Å². The first-order valence-corrected chi connectivity index (χ1v) is 11.2. The fourth-order valence-electron chi connectivity index (χ4n) is 3.54. The van der Waals surface area contributed by atoms with Crippen LogP contribution in [-0.4, -0.2) is 74.4 Å². The molecule has 3 rings (SSSR count). The second-order valence-corrected chi connectivity index (χ2v) is 8.19. The standard InChI is InChI=1S/C22H32N4O3S.HI/c1-4-23-22(26-11-9-25(10-12-26)16-18-6-5-13-30-18)24-15-20(27)19-14-17(28-2)7-8-21(19)29-3;/h5-8,13-14,20,27H,4,9-12,15-16H2,1-3H3,(H,23,24);1H. The molecule has 1 saturated heterocycles. The molecule has 1 aliphatic rings. The van der Waals surface area contributed by atoms with Crippen LogP contribution >= 0.6 is 35.3 Å². The average molecular weight is 561 g/mol. The molecule has 1 aliphatic heterocycles. The molecule has 0 amide bonds. The Hall–Kier alpha value is -1.56. The van der Waals surface area contributed by atoms with Gasteiger partial charge in [0.1, 0.15) is 17.6 Å². The lowest BCUT2D eigenvalue weighted by atomic mass is 10.1. The van der Waals surface area contributed by atoms with Crippen molar-refractivity contribution in [3.05, 3.63) is 46.2 Å². The first-order chi connectivity index (χ1) is 14.6. The number of benzene rings is 1. The van der Waals surface area contributed by atoms with Gasteiger partial charge in [-0.15, -0.1) is 35.3 Å². The molecule has 0 bridgehead atoms. The topological polar surface area (TPSA) is 69.6 Å². The second kappa shape index (κ2) is 13.1. The zero-order valence-corrected chi connectivity index (χ0v) is 21.6. The third kappa shape index (κ3) is 7.23. The van der Waals surface area contributed by atoms with Gasteiger partial charge in [-0.1, -0.05) is 6.07 Å². The number of aliphatic hydroxyl groups excluding tert-OH is 1. The Kier molecular flexibility index (Phi) is 10.9. The Morgan fingerprint density at radius 2 is 1.97 bits per heavy atom. The Labute approximate surface area is 206 Å². The van der Waals surface area contributed by atoms with Crippen molar-refractivity contribution < 1.29 is 14.6 Å². The maximum absolute atomic E-state index is 10.8. The van der Waals surface area contributed by atoms with Crippen LogP contribution in [0.3, 0.4) is 0 Å². The van der Waals surface area contributed by atoms with Gasteiger partial charge in [0.15, 0.2) is 5.96 Å². The Morgan fingerprint density at radius 1 is 1.19 bits per heavy atom. The first-order valence-electron chi connectivity index (χ1n) is 10.3. The largest absolute Gasteiger partial charge is 0.497 e. The smallest absolute Gasteiger partial charge is 0.194 e. The first kappa shape index (κ1) is 25.7. The number of nitrogens with one attached hydrogen (secondary N) is 1. The van der Waals surface area contributed by atoms with E-state index >= 15 is 0 Å². The lowest BCUT2D eigenvalue weighted by Crippen LogP contribution is -2.52. The van der Waals surface area contributed by atoms with Crippen molar-refractivity contribution in [1.82, 2.24) is 15.1 Å². The van der Waals surface area contributed by atoms with Gasteiger partial charge in [0.05, 0.1) is 20.8 Å². The van der Waals surface area contributed by atoms with Gasteiger partial charge >= 0.3 is 0 Å². The number of aliphatic imine (C=N–C) groups is 1. The third-order valence-corrected chi connectivity index (χ3v) is 6.04. The van der Waals surface area contributed by atoms with Crippen LogP contribution in [0.5, 0.6) is 11.5 Å². The summed E-state index contributed by atoms with van der Waals surface area (Å²) in [5.41, 5.74) is 0.678. The van der Waals surface area contributed by atoms with E-state index < -0.39 is 6.10 Å². The molecule has 1 fully saturated rings. The Balaban J connectivity index is 0.00000341. The van der Waals surface area contributed by atoms with Gasteiger partial charge in [-0.05, 0) is 36.6 Å². The van der Waals surface area contributed by atoms with E-state index in [9.17, 15) is 5.11 Å². The van der Waals surface area contributed by atoms with Crippen molar-refractivity contribution in [2.75, 3.05) is 53.5 Å². The number of nitrogens with zero attached hydrogens (tertiary/aromatic N) is 3. The highest BCUT2D eigenvalue weighted by atomic mass is 127. The molecule has 2 N–H and O–H groups in total. The van der Waals surface area contributed by atoms with Crippen LogP contribution in [0.2, 0.25) is 0 Å². The summed E-state index contributed by atoms with van der Waals surface area (Å²) in [5.74, 6) is 2.16. The molecular formula is C22H33IN4O3S. The number of hydrogen-bond acceptors (Lipinski definition) is 6. The van der Waals surface area contributed by atoms with E-state index in [0.29, 0.717) is 17.1 Å². The number of methoxy groups -OCH3 is 2. The number of ether oxygens (including phenoxy) is 2. The van der Waals surface area contributed by atoms with Crippen molar-refractivity contribution in [2.24, 2.45) is 4.99 Å². The minimum absolute atomic E-state index is 0. The minimum Gasteiger partial charge on any atom is -0.497 e. The summed E-state index contributed by atoms with van der Waals surface area (Å²) in [6.45, 7) is 7.92. The molecule has 9 heteroatoms. The lowest BCUT2D eigenvalue weighted by Gasteiger charge is -2.36. The van der Waals surface area contributed by atoms with Crippen LogP contribution in [0.15, 0.2) is 40.7 Å². The van der Waals surface area contributed by atoms with E-state index in [1.54, 1.807) is 26.4 Å². The fourth-order valence-corrected chi connectivity index (χ4v) is 4.28. The average Bonchev–Trinajstić information content (AvgIpc) is 3.29. The predicted molar refractivity (Wildman–Crippen MR) is 137 cm³/mol. The van der Waals surface area contributed by atoms with Crippen LogP contribution in [-0.2, 0) is 6.54 Å². The maximum Gasteiger partial charge on any atom is 0.194 e. The van der Waals surface area contributed by atoms with Gasteiger partial charge in [-0.3, -0.25) is 9.89 Å². The number of rotatable bonds is 8. The molecule has 2 heterocycles. The van der Waals surface area contributed by atoms with Crippen LogP contribution in [0, 0.1) is 0 Å². The monoisotopic (exact) mass is 560 g/mol. The molecule has 7 nitrogen and oxygen atoms in total. The summed E-state index contributed by atoms with van der Waals surface area (Å²) in [4.78, 5) is 10.9. The Morgan fingerprint density at radius 3 is 2.58 bits per heavy atom. The Bertz CT molecular complexity index is 811. The zero-order chi connectivity index (χ0) is 21.3. The number of halogens is 1. The van der Waals surface area contributed by atoms with Gasteiger partial charge in [0, 0.05) is 49.7 Å². The number of guanidine groups is 1. The highest BCUT2D eigenvalue weighted by Crippen LogP contribution is 2.29. The molecule has 172 valence electrons. The second-order valence-electron chi connectivity index (χ2n) is 7.16. The van der Waals surface area contributed by atoms with Crippen molar-refractivity contribution in [3.63, 3.8) is 0 Å². The van der Waals surface area contributed by atoms with E-state index in [2.05, 4.69) is 39.6 Å². The van der Waals surface area contributed by atoms with E-state index in [-0.39, 0.29) is 30.5 Å². The number of piperazine rings is 1. The summed E-state index contributed by atoms with van der Waals surface area (Å²) >= 11 is 1.81. The minimum atomic E-state index is -0.774. The van der Waals surface area contributed by atoms with Crippen molar-refractivity contribution in [3.8, 4) is 11.5 Å². The highest BCUT2D eigenvalue weighted by Gasteiger charge is 2.21. The summed E-state index contributed by atoms with van der Waals surface area (Å²) in [6, 6.07) is 9.72. The molecule has 0 radical (unpaired) electrons. The van der Waals surface area contributed by atoms with Gasteiger partial charge in [0.25, 0.3) is 0 Å². The predicted octanol–water partition coefficient (Wildman–Crippen LogP) is 3.20. The molecular weight excluding hydrogens is 527 g/mol. The van der Waals surface area contributed by atoms with Gasteiger partial charge in [-0.25, -0.2) is 0 Å². The normalized spacial score (nSPS) is 15.9. The summed E-state index contributed by atoms with van der Waals surface area (Å²) in [5, 5.41) is 16.2. The number of hydrogen-bond donors (Lipinski definition) is 2. The van der Waals surface area contributed by atoms with Crippen LogP contribution in [0.25, 0.3) is 0 Å². The van der Waals surface area contributed by atoms with Crippen molar-refractivity contribution in [2.45, 2.75) is 19.6 Å². The van der Waals surface area contributed by atoms with Gasteiger partial charge in [0.2, 0.25) is 0 Å². The third-order valence-electron chi connectivity index (χ3n) is 5.18. The van der Waals surface area contributed by atoms with Crippen LogP contribution in [0.1, 0.15) is 23.5 Å². The summed E-state index contributed by atoms with van der Waals surface area (Å²) in [6.07, 6.45) is -0.774. The quantitative estimate of drug-likeness (QED) is 0.294. The van der Waals surface area contributed by atoms with E-state index in [0.717, 1.165) is 45.2 Å². The van der Waals surface area contributed by atoms with Crippen LogP contribution < -0.4 is 14.8 Å². The molecule has 31 heavy (non-hydrogen) atoms. The van der Waals surface area contributed by atoms with E-state index in [1.807, 2.05) is 17.4 Å². The van der Waals surface area contributed by atoms with Crippen LogP contribution in [0.4, 0.5) is 0 Å². The molecule has 2 aromatic rings.